The summed E-state index contributed by atoms with van der Waals surface area (Å²) in [6.07, 6.45) is -1.66. The van der Waals surface area contributed by atoms with Crippen LogP contribution in [0.1, 0.15) is 36.6 Å². The molecule has 3 aromatic carbocycles. The summed E-state index contributed by atoms with van der Waals surface area (Å²) in [5, 5.41) is 19.1. The van der Waals surface area contributed by atoms with Crippen molar-refractivity contribution < 1.29 is 27.2 Å². The van der Waals surface area contributed by atoms with Gasteiger partial charge >= 0.3 is 17.9 Å². The summed E-state index contributed by atoms with van der Waals surface area (Å²) in [6.45, 7) is 4.79. The minimum absolute atomic E-state index is 0.0534. The van der Waals surface area contributed by atoms with Gasteiger partial charge in [0, 0.05) is 18.9 Å². The van der Waals surface area contributed by atoms with Crippen molar-refractivity contribution in [2.45, 2.75) is 44.9 Å². The highest BCUT2D eigenvalue weighted by molar-refractivity contribution is 5.89. The number of carbonyl (C=O) groups is 2. The van der Waals surface area contributed by atoms with Gasteiger partial charge in [-0.2, -0.15) is 23.5 Å². The topological polar surface area (TPSA) is 127 Å². The molecule has 5 aromatic rings. The number of aromatic nitrogens is 4. The Hall–Kier alpha value is -5.94. The van der Waals surface area contributed by atoms with Crippen LogP contribution >= 0.6 is 0 Å². The van der Waals surface area contributed by atoms with E-state index in [9.17, 15) is 32.8 Å². The number of nitrogens with zero attached hydrogens (tertiary/aromatic N) is 6. The van der Waals surface area contributed by atoms with E-state index in [4.69, 9.17) is 0 Å². The number of quaternary nitrogens is 1. The first kappa shape index (κ1) is 37.3. The van der Waals surface area contributed by atoms with Crippen LogP contribution < -0.4 is 16.3 Å². The number of piperidine rings is 1. The number of hydrogen-bond acceptors (Lipinski definition) is 5. The van der Waals surface area contributed by atoms with E-state index in [0.29, 0.717) is 11.3 Å². The number of alkyl halides is 3. The molecule has 0 unspecified atom stereocenters. The summed E-state index contributed by atoms with van der Waals surface area (Å²) in [5.41, 5.74) is -0.587. The molecule has 270 valence electrons. The minimum atomic E-state index is -4.67. The van der Waals surface area contributed by atoms with E-state index < -0.39 is 35.4 Å². The molecule has 0 bridgehead atoms. The molecule has 1 fully saturated rings. The van der Waals surface area contributed by atoms with Crippen LogP contribution in [0.3, 0.4) is 0 Å². The van der Waals surface area contributed by atoms with Crippen LogP contribution in [-0.4, -0.2) is 74.6 Å². The van der Waals surface area contributed by atoms with Gasteiger partial charge in [-0.1, -0.05) is 42.5 Å². The number of likely N-dealkylation sites (tertiary alicyclic amines) is 1. The summed E-state index contributed by atoms with van der Waals surface area (Å²) in [4.78, 5) is 40.9. The molecule has 0 aliphatic carbocycles. The number of hydrogen-bond donors (Lipinski definition) is 2. The highest BCUT2D eigenvalue weighted by atomic mass is 19.4. The number of carbonyl (C=O) groups excluding carboxylic acids is 2. The van der Waals surface area contributed by atoms with Crippen LogP contribution in [0.15, 0.2) is 102 Å². The summed E-state index contributed by atoms with van der Waals surface area (Å²) >= 11 is 0. The molecule has 52 heavy (non-hydrogen) atoms. The summed E-state index contributed by atoms with van der Waals surface area (Å²) in [6, 6.07) is 24.2. The standard InChI is InChI=1S/C32H33F3N8O3.C6H6/c1-20(29(44)39-24-13-16-43(3,4)17-14-24)38-30(45)41-28(27-12-15-37-42(27)25-10-8-22(19-36)9-11-25)21(2)40(31(41)46)26-7-5-6-23(18-26)32(33,34)35;1-2-4-6-5-3-1/h5-12,15,18,20,24H,13-14,16-17H2,1-4H3,(H-,38,39,44,45);1-6H/p+1/t20-;/m0./s1. The molecular formula is C38H40F3N8O3+. The molecule has 2 N–H and O–H groups in total. The SMILES string of the molecule is Cc1c(-c2ccnn2-c2ccc(C#N)cc2)n(C(=O)N[C@@H](C)C(=O)NC2CC[N+](C)(C)CC2)c(=O)n1-c1cccc(C(F)(F)F)c1.c1ccccc1. The van der Waals surface area contributed by atoms with E-state index in [1.165, 1.54) is 36.9 Å². The molecule has 6 rings (SSSR count). The average molecular weight is 714 g/mol. The number of nitriles is 1. The lowest BCUT2D eigenvalue weighted by Gasteiger charge is -2.37. The van der Waals surface area contributed by atoms with Crippen LogP contribution in [0.25, 0.3) is 22.8 Å². The zero-order valence-electron chi connectivity index (χ0n) is 29.3. The Balaban J connectivity index is 0.000000790. The highest BCUT2D eigenvalue weighted by Crippen LogP contribution is 2.32. The Morgan fingerprint density at radius 1 is 0.942 bits per heavy atom. The van der Waals surface area contributed by atoms with Crippen molar-refractivity contribution in [2.75, 3.05) is 27.2 Å². The molecule has 14 heteroatoms. The summed E-state index contributed by atoms with van der Waals surface area (Å²) in [5.74, 6) is -0.420. The molecular weight excluding hydrogens is 673 g/mol. The molecule has 0 radical (unpaired) electrons. The number of benzene rings is 3. The Morgan fingerprint density at radius 2 is 1.56 bits per heavy atom. The number of halogens is 3. The van der Waals surface area contributed by atoms with E-state index in [0.717, 1.165) is 51.7 Å². The van der Waals surface area contributed by atoms with Gasteiger partial charge in [0.2, 0.25) is 5.91 Å². The van der Waals surface area contributed by atoms with Crippen LogP contribution in [0.2, 0.25) is 0 Å². The number of imidazole rings is 1. The minimum Gasteiger partial charge on any atom is -0.351 e. The van der Waals surface area contributed by atoms with Crippen molar-refractivity contribution in [3.05, 3.63) is 124 Å². The van der Waals surface area contributed by atoms with Gasteiger partial charge in [0.1, 0.15) is 11.7 Å². The molecule has 0 spiro atoms. The number of amides is 2. The van der Waals surface area contributed by atoms with Crippen molar-refractivity contribution in [2.24, 2.45) is 0 Å². The van der Waals surface area contributed by atoms with Crippen molar-refractivity contribution in [1.82, 2.24) is 29.5 Å². The van der Waals surface area contributed by atoms with Crippen molar-refractivity contribution >= 4 is 11.9 Å². The third kappa shape index (κ3) is 8.50. The second-order valence-electron chi connectivity index (χ2n) is 13.2. The highest BCUT2D eigenvalue weighted by Gasteiger charge is 2.33. The molecule has 1 atom stereocenters. The summed E-state index contributed by atoms with van der Waals surface area (Å²) in [7, 11) is 4.24. The number of rotatable bonds is 6. The van der Waals surface area contributed by atoms with Crippen LogP contribution in [0.5, 0.6) is 0 Å². The fourth-order valence-corrected chi connectivity index (χ4v) is 6.02. The first-order valence-corrected chi connectivity index (χ1v) is 16.7. The molecule has 1 saturated heterocycles. The van der Waals surface area contributed by atoms with Gasteiger partial charge in [-0.15, -0.1) is 0 Å². The van der Waals surface area contributed by atoms with Crippen LogP contribution in [-0.2, 0) is 11.0 Å². The maximum atomic E-state index is 14.0. The third-order valence-electron chi connectivity index (χ3n) is 8.96. The predicted molar refractivity (Wildman–Crippen MR) is 190 cm³/mol. The zero-order valence-corrected chi connectivity index (χ0v) is 29.3. The van der Waals surface area contributed by atoms with Gasteiger partial charge in [-0.3, -0.25) is 9.36 Å². The Bertz CT molecular complexity index is 2090. The van der Waals surface area contributed by atoms with Gasteiger partial charge < -0.3 is 15.1 Å². The molecule has 2 amide bonds. The first-order valence-electron chi connectivity index (χ1n) is 16.7. The van der Waals surface area contributed by atoms with Crippen LogP contribution in [0, 0.1) is 18.3 Å². The smallest absolute Gasteiger partial charge is 0.351 e. The maximum absolute atomic E-state index is 14.0. The maximum Gasteiger partial charge on any atom is 0.416 e. The fourth-order valence-electron chi connectivity index (χ4n) is 6.02. The second kappa shape index (κ2) is 15.5. The normalized spacial score (nSPS) is 14.7. The van der Waals surface area contributed by atoms with Crippen LogP contribution in [0.4, 0.5) is 18.0 Å². The second-order valence-corrected chi connectivity index (χ2v) is 13.2. The molecule has 1 aliphatic heterocycles. The number of nitrogens with one attached hydrogen (secondary N) is 2. The van der Waals surface area contributed by atoms with Gasteiger partial charge in [0.15, 0.2) is 0 Å². The van der Waals surface area contributed by atoms with Gasteiger partial charge in [0.25, 0.3) is 0 Å². The molecule has 1 aliphatic rings. The van der Waals surface area contributed by atoms with E-state index in [1.54, 1.807) is 30.3 Å². The van der Waals surface area contributed by atoms with E-state index in [1.807, 2.05) is 42.5 Å². The monoisotopic (exact) mass is 713 g/mol. The van der Waals surface area contributed by atoms with E-state index >= 15 is 0 Å². The third-order valence-corrected chi connectivity index (χ3v) is 8.96. The van der Waals surface area contributed by atoms with E-state index in [2.05, 4.69) is 29.8 Å². The van der Waals surface area contributed by atoms with Gasteiger partial charge in [-0.25, -0.2) is 18.8 Å². The quantitative estimate of drug-likeness (QED) is 0.219. The largest absolute Gasteiger partial charge is 0.416 e. The molecule has 11 nitrogen and oxygen atoms in total. The lowest BCUT2D eigenvalue weighted by molar-refractivity contribution is -0.895. The Kier molecular flexibility index (Phi) is 11.1. The Labute approximate surface area is 299 Å². The average Bonchev–Trinajstić information content (AvgIpc) is 3.71. The molecule has 0 saturated carbocycles. The van der Waals surface area contributed by atoms with Crippen molar-refractivity contribution in [1.29, 1.82) is 5.26 Å². The first-order chi connectivity index (χ1) is 24.7. The predicted octanol–water partition coefficient (Wildman–Crippen LogP) is 5.68. The lowest BCUT2D eigenvalue weighted by atomic mass is 10.0. The van der Waals surface area contributed by atoms with E-state index in [-0.39, 0.29) is 28.8 Å². The zero-order chi connectivity index (χ0) is 37.6. The van der Waals surface area contributed by atoms with Gasteiger partial charge in [0.05, 0.1) is 73.3 Å². The molecule has 3 heterocycles. The summed E-state index contributed by atoms with van der Waals surface area (Å²) < 4.78 is 45.0. The fraction of sp³-hybridized carbons (Fsp3) is 0.289. The van der Waals surface area contributed by atoms with Gasteiger partial charge in [-0.05, 0) is 62.4 Å². The van der Waals surface area contributed by atoms with Crippen molar-refractivity contribution in [3.8, 4) is 28.8 Å². The van der Waals surface area contributed by atoms with Crippen molar-refractivity contribution in [3.63, 3.8) is 0 Å². The molecule has 2 aromatic heterocycles. The Morgan fingerprint density at radius 3 is 2.13 bits per heavy atom. The lowest BCUT2D eigenvalue weighted by Crippen LogP contribution is -2.55.